The van der Waals surface area contributed by atoms with E-state index < -0.39 is 5.91 Å². The summed E-state index contributed by atoms with van der Waals surface area (Å²) in [6, 6.07) is 13.6. The van der Waals surface area contributed by atoms with Gasteiger partial charge < -0.3 is 16.0 Å². The minimum atomic E-state index is -0.538. The van der Waals surface area contributed by atoms with Gasteiger partial charge in [-0.1, -0.05) is 26.0 Å². The molecule has 0 aliphatic rings. The molecule has 0 spiro atoms. The third-order valence-corrected chi connectivity index (χ3v) is 4.88. The molecule has 0 aliphatic carbocycles. The number of rotatable bonds is 9. The van der Waals surface area contributed by atoms with Crippen molar-refractivity contribution in [1.82, 2.24) is 9.55 Å². The molecule has 3 N–H and O–H groups in total. The Bertz CT molecular complexity index is 1130. The molecule has 0 unspecified atom stereocenters. The summed E-state index contributed by atoms with van der Waals surface area (Å²) in [5.41, 5.74) is 7.08. The first-order valence-corrected chi connectivity index (χ1v) is 10.4. The van der Waals surface area contributed by atoms with Crippen molar-refractivity contribution in [3.63, 3.8) is 0 Å². The van der Waals surface area contributed by atoms with Crippen LogP contribution in [0.1, 0.15) is 37.0 Å². The highest BCUT2D eigenvalue weighted by atomic mass is 16.2. The summed E-state index contributed by atoms with van der Waals surface area (Å²) in [5, 5.41) is 2.76. The van der Waals surface area contributed by atoms with Gasteiger partial charge in [-0.3, -0.25) is 19.0 Å². The van der Waals surface area contributed by atoms with Gasteiger partial charge in [0.25, 0.3) is 5.56 Å². The Morgan fingerprint density at radius 2 is 1.68 bits per heavy atom. The standard InChI is InChI=1S/C23H27N5O3/c1-3-13-27(14-4-2)22-23(31)28(19-8-6-5-7-18(19)26-22)15-20(29)25-17-11-9-16(10-12-17)21(24)30/h5-12H,3-4,13-15H2,1-2H3,(H2,24,30)(H,25,29). The smallest absolute Gasteiger partial charge is 0.294 e. The number of nitrogens with one attached hydrogen (secondary N) is 1. The number of fused-ring (bicyclic) bond motifs is 1. The molecule has 2 aromatic carbocycles. The normalized spacial score (nSPS) is 10.8. The first kappa shape index (κ1) is 22.0. The lowest BCUT2D eigenvalue weighted by molar-refractivity contribution is -0.116. The average Bonchev–Trinajstić information content (AvgIpc) is 2.76. The number of carbonyl (C=O) groups excluding carboxylic acids is 2. The maximum Gasteiger partial charge on any atom is 0.294 e. The predicted octanol–water partition coefficient (Wildman–Crippen LogP) is 2.76. The molecular weight excluding hydrogens is 394 g/mol. The SMILES string of the molecule is CCCN(CCC)c1nc2ccccc2n(CC(=O)Nc2ccc(C(N)=O)cc2)c1=O. The van der Waals surface area contributed by atoms with Crippen LogP contribution in [-0.2, 0) is 11.3 Å². The lowest BCUT2D eigenvalue weighted by atomic mass is 10.2. The summed E-state index contributed by atoms with van der Waals surface area (Å²) in [5.74, 6) is -0.529. The van der Waals surface area contributed by atoms with Crippen molar-refractivity contribution in [2.24, 2.45) is 5.73 Å². The third-order valence-electron chi connectivity index (χ3n) is 4.88. The summed E-state index contributed by atoms with van der Waals surface area (Å²) in [7, 11) is 0. The van der Waals surface area contributed by atoms with Crippen molar-refractivity contribution in [3.8, 4) is 0 Å². The zero-order chi connectivity index (χ0) is 22.4. The summed E-state index contributed by atoms with van der Waals surface area (Å²) in [6.07, 6.45) is 1.77. The Morgan fingerprint density at radius 3 is 2.29 bits per heavy atom. The molecule has 8 heteroatoms. The van der Waals surface area contributed by atoms with Gasteiger partial charge in [0, 0.05) is 24.3 Å². The minimum absolute atomic E-state index is 0.154. The molecule has 0 atom stereocenters. The van der Waals surface area contributed by atoms with Crippen molar-refractivity contribution in [1.29, 1.82) is 0 Å². The monoisotopic (exact) mass is 421 g/mol. The summed E-state index contributed by atoms with van der Waals surface area (Å²) >= 11 is 0. The first-order chi connectivity index (χ1) is 14.9. The number of amides is 2. The second-order valence-corrected chi connectivity index (χ2v) is 7.29. The maximum absolute atomic E-state index is 13.3. The fraction of sp³-hybridized carbons (Fsp3) is 0.304. The lowest BCUT2D eigenvalue weighted by Gasteiger charge is -2.23. The van der Waals surface area contributed by atoms with Gasteiger partial charge in [-0.05, 0) is 49.2 Å². The Labute approximate surface area is 180 Å². The van der Waals surface area contributed by atoms with E-state index in [-0.39, 0.29) is 18.0 Å². The van der Waals surface area contributed by atoms with E-state index in [0.29, 0.717) is 41.2 Å². The quantitative estimate of drug-likeness (QED) is 0.552. The lowest BCUT2D eigenvalue weighted by Crippen LogP contribution is -2.36. The van der Waals surface area contributed by atoms with Crippen LogP contribution in [0.4, 0.5) is 11.5 Å². The third kappa shape index (κ3) is 5.09. The number of anilines is 2. The van der Waals surface area contributed by atoms with Crippen LogP contribution >= 0.6 is 0 Å². The Balaban J connectivity index is 1.94. The van der Waals surface area contributed by atoms with Crippen LogP contribution < -0.4 is 21.5 Å². The van der Waals surface area contributed by atoms with E-state index in [1.165, 1.54) is 16.7 Å². The van der Waals surface area contributed by atoms with Gasteiger partial charge in [0.1, 0.15) is 6.54 Å². The van der Waals surface area contributed by atoms with E-state index in [0.717, 1.165) is 12.8 Å². The van der Waals surface area contributed by atoms with E-state index in [9.17, 15) is 14.4 Å². The molecule has 8 nitrogen and oxygen atoms in total. The van der Waals surface area contributed by atoms with Gasteiger partial charge in [0.15, 0.2) is 5.82 Å². The van der Waals surface area contributed by atoms with Crippen LogP contribution in [-0.4, -0.2) is 34.5 Å². The molecule has 0 fully saturated rings. The van der Waals surface area contributed by atoms with E-state index in [4.69, 9.17) is 5.73 Å². The number of benzene rings is 2. The van der Waals surface area contributed by atoms with Crippen LogP contribution in [0.25, 0.3) is 11.0 Å². The average molecular weight is 422 g/mol. The fourth-order valence-corrected chi connectivity index (χ4v) is 3.47. The summed E-state index contributed by atoms with van der Waals surface area (Å²) in [4.78, 5) is 43.8. The molecule has 1 aromatic heterocycles. The molecule has 0 aliphatic heterocycles. The zero-order valence-electron chi connectivity index (χ0n) is 17.8. The van der Waals surface area contributed by atoms with Crippen molar-refractivity contribution in [2.45, 2.75) is 33.2 Å². The van der Waals surface area contributed by atoms with Crippen LogP contribution in [0, 0.1) is 0 Å². The van der Waals surface area contributed by atoms with Crippen molar-refractivity contribution < 1.29 is 9.59 Å². The predicted molar refractivity (Wildman–Crippen MR) is 122 cm³/mol. The van der Waals surface area contributed by atoms with Gasteiger partial charge in [0.2, 0.25) is 11.8 Å². The Morgan fingerprint density at radius 1 is 1.03 bits per heavy atom. The molecule has 0 radical (unpaired) electrons. The number of nitrogens with two attached hydrogens (primary N) is 1. The van der Waals surface area contributed by atoms with E-state index >= 15 is 0 Å². The Kier molecular flexibility index (Phi) is 7.02. The number of primary amides is 1. The van der Waals surface area contributed by atoms with E-state index in [2.05, 4.69) is 24.1 Å². The molecule has 0 bridgehead atoms. The largest absolute Gasteiger partial charge is 0.366 e. The second-order valence-electron chi connectivity index (χ2n) is 7.29. The zero-order valence-corrected chi connectivity index (χ0v) is 17.8. The summed E-state index contributed by atoms with van der Waals surface area (Å²) < 4.78 is 1.46. The van der Waals surface area contributed by atoms with Crippen molar-refractivity contribution in [3.05, 3.63) is 64.4 Å². The van der Waals surface area contributed by atoms with Crippen LogP contribution in [0.15, 0.2) is 53.3 Å². The minimum Gasteiger partial charge on any atom is -0.366 e. The number of carbonyl (C=O) groups is 2. The van der Waals surface area contributed by atoms with Gasteiger partial charge in [0.05, 0.1) is 11.0 Å². The number of hydrogen-bond acceptors (Lipinski definition) is 5. The molecule has 2 amide bonds. The highest BCUT2D eigenvalue weighted by Gasteiger charge is 2.18. The van der Waals surface area contributed by atoms with E-state index in [1.807, 2.05) is 23.1 Å². The maximum atomic E-state index is 13.3. The van der Waals surface area contributed by atoms with Crippen LogP contribution in [0.2, 0.25) is 0 Å². The second kappa shape index (κ2) is 9.88. The fourth-order valence-electron chi connectivity index (χ4n) is 3.47. The number of aromatic nitrogens is 2. The number of hydrogen-bond donors (Lipinski definition) is 2. The van der Waals surface area contributed by atoms with Crippen molar-refractivity contribution >= 4 is 34.4 Å². The van der Waals surface area contributed by atoms with Crippen LogP contribution in [0.3, 0.4) is 0 Å². The topological polar surface area (TPSA) is 110 Å². The molecule has 3 aromatic rings. The molecule has 3 rings (SSSR count). The van der Waals surface area contributed by atoms with Crippen LogP contribution in [0.5, 0.6) is 0 Å². The van der Waals surface area contributed by atoms with Gasteiger partial charge in [-0.15, -0.1) is 0 Å². The van der Waals surface area contributed by atoms with Gasteiger partial charge in [-0.25, -0.2) is 4.98 Å². The molecule has 31 heavy (non-hydrogen) atoms. The molecule has 0 saturated carbocycles. The highest BCUT2D eigenvalue weighted by molar-refractivity contribution is 5.95. The molecular formula is C23H27N5O3. The highest BCUT2D eigenvalue weighted by Crippen LogP contribution is 2.16. The Hall–Kier alpha value is -3.68. The summed E-state index contributed by atoms with van der Waals surface area (Å²) in [6.45, 7) is 5.39. The van der Waals surface area contributed by atoms with Gasteiger partial charge in [-0.2, -0.15) is 0 Å². The number of nitrogens with zero attached hydrogens (tertiary/aromatic N) is 3. The first-order valence-electron chi connectivity index (χ1n) is 10.4. The molecule has 1 heterocycles. The van der Waals surface area contributed by atoms with E-state index in [1.54, 1.807) is 18.2 Å². The molecule has 0 saturated heterocycles. The van der Waals surface area contributed by atoms with Crippen molar-refractivity contribution in [2.75, 3.05) is 23.3 Å². The molecule has 162 valence electrons. The number of para-hydroxylation sites is 2. The van der Waals surface area contributed by atoms with Gasteiger partial charge >= 0.3 is 0 Å².